The summed E-state index contributed by atoms with van der Waals surface area (Å²) in [5, 5.41) is 0. The Labute approximate surface area is 77.7 Å². The summed E-state index contributed by atoms with van der Waals surface area (Å²) in [4.78, 5) is 11.0. The van der Waals surface area contributed by atoms with Crippen molar-refractivity contribution < 1.29 is 4.79 Å². The molecule has 1 atom stereocenters. The van der Waals surface area contributed by atoms with Gasteiger partial charge in [-0.3, -0.25) is 4.79 Å². The van der Waals surface area contributed by atoms with E-state index in [2.05, 4.69) is 29.8 Å². The Balaban J connectivity index is 3.60. The van der Waals surface area contributed by atoms with Crippen molar-refractivity contribution in [3.63, 3.8) is 0 Å². The van der Waals surface area contributed by atoms with Crippen molar-refractivity contribution in [2.24, 2.45) is 5.92 Å². The van der Waals surface area contributed by atoms with Crippen LogP contribution in [-0.2, 0) is 4.79 Å². The highest BCUT2D eigenvalue weighted by molar-refractivity contribution is 9.18. The summed E-state index contributed by atoms with van der Waals surface area (Å²) in [6.45, 7) is 4.27. The summed E-state index contributed by atoms with van der Waals surface area (Å²) < 4.78 is 0.188. The van der Waals surface area contributed by atoms with Gasteiger partial charge in [-0.25, -0.2) is 0 Å². The fourth-order valence-electron chi connectivity index (χ4n) is 1.17. The molecule has 1 unspecified atom stereocenters. The van der Waals surface area contributed by atoms with E-state index in [-0.39, 0.29) is 10.6 Å². The van der Waals surface area contributed by atoms with E-state index in [0.29, 0.717) is 0 Å². The molecule has 0 aromatic rings. The molecule has 0 aromatic heterocycles. The lowest BCUT2D eigenvalue weighted by molar-refractivity contribution is -0.114. The maximum absolute atomic E-state index is 11.0. The second-order valence-corrected chi connectivity index (χ2v) is 3.71. The van der Waals surface area contributed by atoms with Crippen LogP contribution in [-0.4, -0.2) is 4.69 Å². The van der Waals surface area contributed by atoms with E-state index in [1.165, 1.54) is 12.8 Å². The van der Waals surface area contributed by atoms with E-state index in [0.717, 1.165) is 19.3 Å². The monoisotopic (exact) mass is 220 g/mol. The number of halogens is 1. The molecule has 0 radical (unpaired) electrons. The van der Waals surface area contributed by atoms with Gasteiger partial charge in [0, 0.05) is 5.92 Å². The quantitative estimate of drug-likeness (QED) is 0.627. The van der Waals surface area contributed by atoms with Crippen LogP contribution in [0.25, 0.3) is 0 Å². The van der Waals surface area contributed by atoms with Crippen molar-refractivity contribution in [3.8, 4) is 0 Å². The Kier molecular flexibility index (Phi) is 6.93. The largest absolute Gasteiger partial charge is 0.286 e. The number of unbranched alkanes of at least 4 members (excludes halogenated alkanes) is 1. The van der Waals surface area contributed by atoms with E-state index in [4.69, 9.17) is 0 Å². The zero-order valence-electron chi connectivity index (χ0n) is 7.40. The van der Waals surface area contributed by atoms with Gasteiger partial charge < -0.3 is 0 Å². The fourth-order valence-corrected chi connectivity index (χ4v) is 1.63. The van der Waals surface area contributed by atoms with Crippen molar-refractivity contribution in [2.45, 2.75) is 46.0 Å². The normalized spacial score (nSPS) is 13.0. The van der Waals surface area contributed by atoms with Gasteiger partial charge in [0.15, 0.2) is 0 Å². The summed E-state index contributed by atoms with van der Waals surface area (Å²) in [6, 6.07) is 0. The lowest BCUT2D eigenvalue weighted by Gasteiger charge is -2.09. The van der Waals surface area contributed by atoms with Crippen molar-refractivity contribution >= 4 is 20.6 Å². The predicted octanol–water partition coefficient (Wildman–Crippen LogP) is 3.51. The lowest BCUT2D eigenvalue weighted by atomic mass is 9.99. The minimum absolute atomic E-state index is 0.188. The van der Waals surface area contributed by atoms with Gasteiger partial charge in [-0.1, -0.05) is 33.1 Å². The van der Waals surface area contributed by atoms with Gasteiger partial charge in [-0.15, -0.1) is 0 Å². The smallest absolute Gasteiger partial charge is 0.200 e. The van der Waals surface area contributed by atoms with Crippen molar-refractivity contribution in [2.75, 3.05) is 0 Å². The van der Waals surface area contributed by atoms with E-state index in [1.807, 2.05) is 0 Å². The highest BCUT2D eigenvalue weighted by Crippen LogP contribution is 2.18. The topological polar surface area (TPSA) is 17.1 Å². The second kappa shape index (κ2) is 6.84. The first-order valence-corrected chi connectivity index (χ1v) is 5.21. The third-order valence-corrected chi connectivity index (χ3v) is 2.51. The highest BCUT2D eigenvalue weighted by atomic mass is 79.9. The van der Waals surface area contributed by atoms with Gasteiger partial charge in [-0.2, -0.15) is 0 Å². The molecule has 0 saturated carbocycles. The molecule has 0 aliphatic carbocycles. The Morgan fingerprint density at radius 2 is 1.91 bits per heavy atom. The number of carbonyl (C=O) groups excluding carboxylic acids is 1. The Morgan fingerprint density at radius 3 is 2.27 bits per heavy atom. The molecule has 0 rings (SSSR count). The van der Waals surface area contributed by atoms with Crippen LogP contribution in [0.2, 0.25) is 0 Å². The first kappa shape index (κ1) is 11.2. The van der Waals surface area contributed by atoms with E-state index < -0.39 is 0 Å². The summed E-state index contributed by atoms with van der Waals surface area (Å²) in [5.74, 6) is 0.264. The zero-order valence-corrected chi connectivity index (χ0v) is 8.99. The molecule has 11 heavy (non-hydrogen) atoms. The van der Waals surface area contributed by atoms with Gasteiger partial charge >= 0.3 is 0 Å². The molecule has 0 aromatic carbocycles. The lowest BCUT2D eigenvalue weighted by Crippen LogP contribution is -2.07. The van der Waals surface area contributed by atoms with Gasteiger partial charge in [0.05, 0.1) is 0 Å². The molecule has 0 spiro atoms. The summed E-state index contributed by atoms with van der Waals surface area (Å²) >= 11 is 3.03. The first-order chi connectivity index (χ1) is 5.22. The Bertz CT molecular complexity index is 112. The Morgan fingerprint density at radius 1 is 1.27 bits per heavy atom. The van der Waals surface area contributed by atoms with Crippen LogP contribution in [0.5, 0.6) is 0 Å². The molecular formula is C9H17BrO. The van der Waals surface area contributed by atoms with Gasteiger partial charge in [-0.05, 0) is 28.8 Å². The van der Waals surface area contributed by atoms with Crippen LogP contribution < -0.4 is 0 Å². The molecule has 0 fully saturated rings. The molecule has 66 valence electrons. The SMILES string of the molecule is CCCCC(CCC)C(=O)Br. The van der Waals surface area contributed by atoms with Gasteiger partial charge in [0.1, 0.15) is 0 Å². The van der Waals surface area contributed by atoms with Crippen LogP contribution in [0.4, 0.5) is 0 Å². The average molecular weight is 221 g/mol. The first-order valence-electron chi connectivity index (χ1n) is 4.41. The maximum atomic E-state index is 11.0. The van der Waals surface area contributed by atoms with Crippen LogP contribution in [0.3, 0.4) is 0 Å². The van der Waals surface area contributed by atoms with E-state index in [1.54, 1.807) is 0 Å². The molecule has 2 heteroatoms. The molecule has 0 bridgehead atoms. The standard InChI is InChI=1S/C9H17BrO/c1-3-5-7-8(6-4-2)9(10)11/h8H,3-7H2,1-2H3. The molecule has 1 nitrogen and oxygen atoms in total. The van der Waals surface area contributed by atoms with Crippen LogP contribution in [0, 0.1) is 5.92 Å². The third-order valence-electron chi connectivity index (χ3n) is 1.86. The Hall–Kier alpha value is 0.150. The van der Waals surface area contributed by atoms with Gasteiger partial charge in [0.25, 0.3) is 0 Å². The molecule has 0 aliphatic heterocycles. The minimum Gasteiger partial charge on any atom is -0.286 e. The summed E-state index contributed by atoms with van der Waals surface area (Å²) in [7, 11) is 0. The third kappa shape index (κ3) is 5.42. The minimum atomic E-state index is 0.188. The molecule has 0 N–H and O–H groups in total. The molecular weight excluding hydrogens is 204 g/mol. The molecule has 0 saturated heterocycles. The fraction of sp³-hybridized carbons (Fsp3) is 0.889. The maximum Gasteiger partial charge on any atom is 0.200 e. The molecule has 0 amide bonds. The van der Waals surface area contributed by atoms with Crippen molar-refractivity contribution in [1.82, 2.24) is 0 Å². The molecule has 0 aliphatic rings. The molecule has 0 heterocycles. The van der Waals surface area contributed by atoms with Crippen LogP contribution in [0.1, 0.15) is 46.0 Å². The van der Waals surface area contributed by atoms with Crippen LogP contribution in [0.15, 0.2) is 0 Å². The summed E-state index contributed by atoms with van der Waals surface area (Å²) in [5.41, 5.74) is 0. The number of hydrogen-bond acceptors (Lipinski definition) is 1. The number of hydrogen-bond donors (Lipinski definition) is 0. The summed E-state index contributed by atoms with van der Waals surface area (Å²) in [6.07, 6.45) is 5.53. The number of carbonyl (C=O) groups is 1. The predicted molar refractivity (Wildman–Crippen MR) is 51.9 cm³/mol. The van der Waals surface area contributed by atoms with Crippen molar-refractivity contribution in [1.29, 1.82) is 0 Å². The highest BCUT2D eigenvalue weighted by Gasteiger charge is 2.12. The van der Waals surface area contributed by atoms with Crippen LogP contribution >= 0.6 is 15.9 Å². The van der Waals surface area contributed by atoms with Gasteiger partial charge in [0.2, 0.25) is 4.69 Å². The van der Waals surface area contributed by atoms with Crippen molar-refractivity contribution in [3.05, 3.63) is 0 Å². The second-order valence-electron chi connectivity index (χ2n) is 2.93. The number of rotatable bonds is 6. The average Bonchev–Trinajstić information content (AvgIpc) is 1.97. The van der Waals surface area contributed by atoms with E-state index >= 15 is 0 Å². The van der Waals surface area contributed by atoms with E-state index in [9.17, 15) is 4.79 Å². The zero-order chi connectivity index (χ0) is 8.69.